The molecule has 1 N–H and O–H groups in total. The van der Waals surface area contributed by atoms with Gasteiger partial charge in [-0.25, -0.2) is 8.42 Å². The Morgan fingerprint density at radius 1 is 1.22 bits per heavy atom. The van der Waals surface area contributed by atoms with Crippen LogP contribution in [0.4, 0.5) is 0 Å². The fourth-order valence-electron chi connectivity index (χ4n) is 1.46. The van der Waals surface area contributed by atoms with Crippen molar-refractivity contribution in [3.63, 3.8) is 0 Å². The summed E-state index contributed by atoms with van der Waals surface area (Å²) >= 11 is 0. The highest BCUT2D eigenvalue weighted by Gasteiger charge is 2.08. The zero-order valence-corrected chi connectivity index (χ0v) is 12.3. The summed E-state index contributed by atoms with van der Waals surface area (Å²) in [5.41, 5.74) is 0. The van der Waals surface area contributed by atoms with Crippen molar-refractivity contribution in [3.05, 3.63) is 24.3 Å². The molecule has 1 atom stereocenters. The predicted octanol–water partition coefficient (Wildman–Crippen LogP) is 1.20. The van der Waals surface area contributed by atoms with E-state index in [2.05, 4.69) is 5.32 Å². The largest absolute Gasteiger partial charge is 0.317 e. The highest BCUT2D eigenvalue weighted by molar-refractivity contribution is 7.90. The smallest absolute Gasteiger partial charge is 0.175 e. The first-order valence-electron chi connectivity index (χ1n) is 5.84. The molecule has 0 saturated carbocycles. The minimum atomic E-state index is -3.18. The molecule has 0 heterocycles. The molecule has 0 radical (unpaired) electrons. The fourth-order valence-corrected chi connectivity index (χ4v) is 3.17. The van der Waals surface area contributed by atoms with E-state index in [-0.39, 0.29) is 4.90 Å². The van der Waals surface area contributed by atoms with E-state index in [1.165, 1.54) is 12.1 Å². The van der Waals surface area contributed by atoms with Gasteiger partial charge in [0.2, 0.25) is 0 Å². The van der Waals surface area contributed by atoms with E-state index < -0.39 is 20.6 Å². The van der Waals surface area contributed by atoms with Crippen LogP contribution in [0.1, 0.15) is 13.3 Å². The number of benzene rings is 1. The van der Waals surface area contributed by atoms with Gasteiger partial charge in [-0.1, -0.05) is 6.92 Å². The van der Waals surface area contributed by atoms with Gasteiger partial charge in [-0.3, -0.25) is 4.21 Å². The fraction of sp³-hybridized carbons (Fsp3) is 0.500. The topological polar surface area (TPSA) is 63.2 Å². The van der Waals surface area contributed by atoms with Crippen LogP contribution in [0.5, 0.6) is 0 Å². The summed E-state index contributed by atoms with van der Waals surface area (Å²) in [6.45, 7) is 3.79. The molecule has 0 aliphatic heterocycles. The van der Waals surface area contributed by atoms with Crippen molar-refractivity contribution < 1.29 is 12.6 Å². The molecule has 1 rings (SSSR count). The quantitative estimate of drug-likeness (QED) is 0.766. The zero-order chi connectivity index (χ0) is 13.6. The van der Waals surface area contributed by atoms with E-state index in [1.54, 1.807) is 12.1 Å². The third-order valence-corrected chi connectivity index (χ3v) is 5.03. The van der Waals surface area contributed by atoms with Crippen LogP contribution in [0.15, 0.2) is 34.1 Å². The molecular formula is C12H19NO3S2. The molecule has 4 nitrogen and oxygen atoms in total. The summed E-state index contributed by atoms with van der Waals surface area (Å²) < 4.78 is 34.5. The summed E-state index contributed by atoms with van der Waals surface area (Å²) in [6.07, 6.45) is 2.00. The van der Waals surface area contributed by atoms with Gasteiger partial charge >= 0.3 is 0 Å². The van der Waals surface area contributed by atoms with Crippen LogP contribution in [0.2, 0.25) is 0 Å². The molecule has 1 unspecified atom stereocenters. The lowest BCUT2D eigenvalue weighted by atomic mass is 10.4. The van der Waals surface area contributed by atoms with Gasteiger partial charge < -0.3 is 5.32 Å². The lowest BCUT2D eigenvalue weighted by Crippen LogP contribution is -2.16. The van der Waals surface area contributed by atoms with Gasteiger partial charge in [0.25, 0.3) is 0 Å². The van der Waals surface area contributed by atoms with Crippen molar-refractivity contribution >= 4 is 20.6 Å². The van der Waals surface area contributed by atoms with E-state index >= 15 is 0 Å². The van der Waals surface area contributed by atoms with Crippen LogP contribution in [0.25, 0.3) is 0 Å². The van der Waals surface area contributed by atoms with Crippen molar-refractivity contribution in [3.8, 4) is 0 Å². The van der Waals surface area contributed by atoms with Crippen LogP contribution < -0.4 is 5.32 Å². The van der Waals surface area contributed by atoms with E-state index in [1.807, 2.05) is 6.92 Å². The summed E-state index contributed by atoms with van der Waals surface area (Å²) in [6, 6.07) is 6.26. The number of hydrogen-bond donors (Lipinski definition) is 1. The molecule has 0 spiro atoms. The second-order valence-corrected chi connectivity index (χ2v) is 7.59. The second-order valence-electron chi connectivity index (χ2n) is 4.00. The molecule has 1 aromatic rings. The third kappa shape index (κ3) is 4.88. The Morgan fingerprint density at radius 2 is 1.83 bits per heavy atom. The molecular weight excluding hydrogens is 270 g/mol. The Bertz CT molecular complexity index is 495. The maximum atomic E-state index is 11.9. The summed E-state index contributed by atoms with van der Waals surface area (Å²) in [7, 11) is -4.24. The van der Waals surface area contributed by atoms with Gasteiger partial charge in [-0.2, -0.15) is 0 Å². The SMILES string of the molecule is CCNCCCS(=O)c1ccc(S(C)(=O)=O)cc1. The maximum absolute atomic E-state index is 11.9. The molecule has 0 saturated heterocycles. The molecule has 6 heteroatoms. The standard InChI is InChI=1S/C12H19NO3S2/c1-3-13-9-4-10-17(14)11-5-7-12(8-6-11)18(2,15)16/h5-8,13H,3-4,9-10H2,1-2H3. The van der Waals surface area contributed by atoms with E-state index in [0.717, 1.165) is 25.8 Å². The van der Waals surface area contributed by atoms with E-state index in [9.17, 15) is 12.6 Å². The Kier molecular flexibility index (Phi) is 5.98. The maximum Gasteiger partial charge on any atom is 0.175 e. The number of hydrogen-bond acceptors (Lipinski definition) is 4. The van der Waals surface area contributed by atoms with Crippen LogP contribution in [0.3, 0.4) is 0 Å². The highest BCUT2D eigenvalue weighted by atomic mass is 32.2. The van der Waals surface area contributed by atoms with Crippen molar-refractivity contribution in [2.45, 2.75) is 23.1 Å². The normalized spacial score (nSPS) is 13.4. The van der Waals surface area contributed by atoms with Crippen LogP contribution in [0, 0.1) is 0 Å². The number of sulfone groups is 1. The minimum absolute atomic E-state index is 0.260. The lowest BCUT2D eigenvalue weighted by Gasteiger charge is -2.04. The molecule has 18 heavy (non-hydrogen) atoms. The average molecular weight is 289 g/mol. The number of rotatable bonds is 7. The van der Waals surface area contributed by atoms with Crippen LogP contribution in [-0.4, -0.2) is 37.7 Å². The summed E-state index contributed by atoms with van der Waals surface area (Å²) in [4.78, 5) is 0.940. The molecule has 102 valence electrons. The molecule has 0 aromatic heterocycles. The number of nitrogens with one attached hydrogen (secondary N) is 1. The third-order valence-electron chi connectivity index (χ3n) is 2.45. The molecule has 0 aliphatic carbocycles. The first-order valence-corrected chi connectivity index (χ1v) is 9.05. The molecule has 0 amide bonds. The van der Waals surface area contributed by atoms with Gasteiger partial charge in [0.1, 0.15) is 0 Å². The van der Waals surface area contributed by atoms with Crippen LogP contribution >= 0.6 is 0 Å². The van der Waals surface area contributed by atoms with E-state index in [0.29, 0.717) is 10.6 Å². The van der Waals surface area contributed by atoms with Crippen molar-refractivity contribution in [1.29, 1.82) is 0 Å². The minimum Gasteiger partial charge on any atom is -0.317 e. The Balaban J connectivity index is 2.60. The van der Waals surface area contributed by atoms with Gasteiger partial charge in [0.15, 0.2) is 9.84 Å². The molecule has 0 aliphatic rings. The van der Waals surface area contributed by atoms with E-state index in [4.69, 9.17) is 0 Å². The Hall–Kier alpha value is -0.720. The van der Waals surface area contributed by atoms with Crippen LogP contribution in [-0.2, 0) is 20.6 Å². The predicted molar refractivity (Wildman–Crippen MR) is 74.0 cm³/mol. The Morgan fingerprint density at radius 3 is 2.33 bits per heavy atom. The summed E-state index contributed by atoms with van der Waals surface area (Å²) in [5.74, 6) is 0.589. The first kappa shape index (κ1) is 15.3. The van der Waals surface area contributed by atoms with Crippen molar-refractivity contribution in [2.75, 3.05) is 25.1 Å². The molecule has 1 aromatic carbocycles. The van der Waals surface area contributed by atoms with Gasteiger partial charge in [0.05, 0.1) is 15.7 Å². The highest BCUT2D eigenvalue weighted by Crippen LogP contribution is 2.13. The lowest BCUT2D eigenvalue weighted by molar-refractivity contribution is 0.601. The van der Waals surface area contributed by atoms with Gasteiger partial charge in [0, 0.05) is 16.9 Å². The monoisotopic (exact) mass is 289 g/mol. The van der Waals surface area contributed by atoms with Crippen molar-refractivity contribution in [1.82, 2.24) is 5.32 Å². The first-order chi connectivity index (χ1) is 8.45. The van der Waals surface area contributed by atoms with Gasteiger partial charge in [-0.05, 0) is 43.8 Å². The van der Waals surface area contributed by atoms with Gasteiger partial charge in [-0.15, -0.1) is 0 Å². The Labute approximate surface area is 111 Å². The summed E-state index contributed by atoms with van der Waals surface area (Å²) in [5, 5.41) is 3.17. The zero-order valence-electron chi connectivity index (χ0n) is 10.7. The second kappa shape index (κ2) is 7.01. The average Bonchev–Trinajstić information content (AvgIpc) is 2.33. The molecule has 0 fully saturated rings. The molecule has 0 bridgehead atoms. The van der Waals surface area contributed by atoms with Crippen molar-refractivity contribution in [2.24, 2.45) is 0 Å².